The van der Waals surface area contributed by atoms with Crippen LogP contribution in [0.15, 0.2) is 48.5 Å². The van der Waals surface area contributed by atoms with Gasteiger partial charge in [-0.3, -0.25) is 9.59 Å². The van der Waals surface area contributed by atoms with Crippen molar-refractivity contribution in [2.45, 2.75) is 6.92 Å². The average Bonchev–Trinajstić information content (AvgIpc) is 2.73. The van der Waals surface area contributed by atoms with Crippen LogP contribution in [0.25, 0.3) is 0 Å². The van der Waals surface area contributed by atoms with Gasteiger partial charge in [-0.15, -0.1) is 0 Å². The monoisotopic (exact) mass is 358 g/mol. The number of nitrogens with zero attached hydrogens (tertiary/aromatic N) is 2. The summed E-state index contributed by atoms with van der Waals surface area (Å²) in [5.74, 6) is 0.396. The Morgan fingerprint density at radius 1 is 1.16 bits per heavy atom. The van der Waals surface area contributed by atoms with Crippen molar-refractivity contribution in [3.8, 4) is 5.75 Å². The molecular weight excluding hydrogens is 340 g/mol. The van der Waals surface area contributed by atoms with Gasteiger partial charge < -0.3 is 14.5 Å². The molecule has 0 bridgehead atoms. The highest BCUT2D eigenvalue weighted by Gasteiger charge is 2.30. The molecule has 1 atom stereocenters. The molecule has 2 aromatic rings. The number of hydrogen-bond donors (Lipinski definition) is 0. The fraction of sp³-hybridized carbons (Fsp3) is 0.263. The number of amides is 2. The summed E-state index contributed by atoms with van der Waals surface area (Å²) in [6, 6.07) is 14.5. The Hall–Kier alpha value is -2.53. The van der Waals surface area contributed by atoms with Crippen molar-refractivity contribution in [2.24, 2.45) is 5.92 Å². The van der Waals surface area contributed by atoms with Gasteiger partial charge in [-0.2, -0.15) is 0 Å². The summed E-state index contributed by atoms with van der Waals surface area (Å²) >= 11 is 5.86. The number of rotatable bonds is 5. The standard InChI is InChI=1S/C19H19ClN2O3/c1-14-12-21(13-23)17-4-2-3-5-18(17)22(19(14)24)10-11-25-16-8-6-15(20)7-9-16/h2-9,13-14H,10-12H2,1H3. The molecule has 0 radical (unpaired) electrons. The molecule has 0 saturated heterocycles. The van der Waals surface area contributed by atoms with Crippen molar-refractivity contribution < 1.29 is 14.3 Å². The molecule has 1 unspecified atom stereocenters. The number of benzene rings is 2. The Kier molecular flexibility index (Phi) is 5.24. The van der Waals surface area contributed by atoms with E-state index in [1.165, 1.54) is 0 Å². The number of hydrogen-bond acceptors (Lipinski definition) is 3. The van der Waals surface area contributed by atoms with Crippen LogP contribution in [-0.4, -0.2) is 32.0 Å². The highest BCUT2D eigenvalue weighted by molar-refractivity contribution is 6.30. The van der Waals surface area contributed by atoms with Gasteiger partial charge in [-0.25, -0.2) is 0 Å². The van der Waals surface area contributed by atoms with E-state index >= 15 is 0 Å². The molecule has 6 heteroatoms. The van der Waals surface area contributed by atoms with Crippen LogP contribution in [0.4, 0.5) is 11.4 Å². The molecule has 25 heavy (non-hydrogen) atoms. The van der Waals surface area contributed by atoms with E-state index in [4.69, 9.17) is 16.3 Å². The number of fused-ring (bicyclic) bond motifs is 1. The Morgan fingerprint density at radius 3 is 2.52 bits per heavy atom. The predicted molar refractivity (Wildman–Crippen MR) is 98.3 cm³/mol. The molecule has 1 aliphatic rings. The van der Waals surface area contributed by atoms with Crippen LogP contribution in [0.2, 0.25) is 5.02 Å². The lowest BCUT2D eigenvalue weighted by Gasteiger charge is -2.24. The number of anilines is 2. The van der Waals surface area contributed by atoms with Gasteiger partial charge in [-0.05, 0) is 36.4 Å². The van der Waals surface area contributed by atoms with Crippen LogP contribution >= 0.6 is 11.6 Å². The molecule has 2 amide bonds. The fourth-order valence-electron chi connectivity index (χ4n) is 2.91. The SMILES string of the molecule is CC1CN(C=O)c2ccccc2N(CCOc2ccc(Cl)cc2)C1=O. The van der Waals surface area contributed by atoms with E-state index in [0.717, 1.165) is 17.8 Å². The van der Waals surface area contributed by atoms with Gasteiger partial charge in [-0.1, -0.05) is 30.7 Å². The second-order valence-corrected chi connectivity index (χ2v) is 6.38. The highest BCUT2D eigenvalue weighted by Crippen LogP contribution is 2.33. The van der Waals surface area contributed by atoms with Crippen LogP contribution in [0.3, 0.4) is 0 Å². The second-order valence-electron chi connectivity index (χ2n) is 5.94. The topological polar surface area (TPSA) is 49.9 Å². The molecule has 0 saturated carbocycles. The highest BCUT2D eigenvalue weighted by atomic mass is 35.5. The van der Waals surface area contributed by atoms with Gasteiger partial charge in [0.1, 0.15) is 12.4 Å². The third-order valence-corrected chi connectivity index (χ3v) is 4.42. The molecule has 1 aliphatic heterocycles. The minimum Gasteiger partial charge on any atom is -0.492 e. The molecule has 0 fully saturated rings. The molecule has 1 heterocycles. The summed E-state index contributed by atoms with van der Waals surface area (Å²) < 4.78 is 5.72. The number of ether oxygens (including phenoxy) is 1. The molecule has 130 valence electrons. The average molecular weight is 359 g/mol. The lowest BCUT2D eigenvalue weighted by atomic mass is 10.1. The zero-order chi connectivity index (χ0) is 17.8. The molecule has 5 nitrogen and oxygen atoms in total. The first-order valence-electron chi connectivity index (χ1n) is 8.11. The van der Waals surface area contributed by atoms with Gasteiger partial charge in [0.2, 0.25) is 12.3 Å². The van der Waals surface area contributed by atoms with Crippen molar-refractivity contribution in [3.05, 3.63) is 53.6 Å². The van der Waals surface area contributed by atoms with Crippen molar-refractivity contribution in [1.82, 2.24) is 0 Å². The van der Waals surface area contributed by atoms with Crippen LogP contribution < -0.4 is 14.5 Å². The largest absolute Gasteiger partial charge is 0.492 e. The molecule has 2 aromatic carbocycles. The zero-order valence-electron chi connectivity index (χ0n) is 13.9. The molecule has 0 aliphatic carbocycles. The van der Waals surface area contributed by atoms with Crippen LogP contribution in [0.5, 0.6) is 5.75 Å². The summed E-state index contributed by atoms with van der Waals surface area (Å²) in [6.07, 6.45) is 0.774. The van der Waals surface area contributed by atoms with E-state index in [1.807, 2.05) is 31.2 Å². The van der Waals surface area contributed by atoms with E-state index in [9.17, 15) is 9.59 Å². The van der Waals surface area contributed by atoms with Crippen molar-refractivity contribution >= 4 is 35.3 Å². The first-order chi connectivity index (χ1) is 12.1. The van der Waals surface area contributed by atoms with E-state index in [0.29, 0.717) is 30.5 Å². The van der Waals surface area contributed by atoms with E-state index in [2.05, 4.69) is 0 Å². The van der Waals surface area contributed by atoms with Gasteiger partial charge in [0.05, 0.1) is 23.8 Å². The summed E-state index contributed by atoms with van der Waals surface area (Å²) in [5.41, 5.74) is 1.46. The van der Waals surface area contributed by atoms with Crippen molar-refractivity contribution in [2.75, 3.05) is 29.5 Å². The second kappa shape index (κ2) is 7.57. The Morgan fingerprint density at radius 2 is 1.84 bits per heavy atom. The summed E-state index contributed by atoms with van der Waals surface area (Å²) in [7, 11) is 0. The van der Waals surface area contributed by atoms with Gasteiger partial charge in [0.15, 0.2) is 0 Å². The van der Waals surface area contributed by atoms with Crippen LogP contribution in [0, 0.1) is 5.92 Å². The predicted octanol–water partition coefficient (Wildman–Crippen LogP) is 3.36. The van der Waals surface area contributed by atoms with E-state index < -0.39 is 0 Å². The maximum atomic E-state index is 12.8. The first-order valence-corrected chi connectivity index (χ1v) is 8.48. The normalized spacial score (nSPS) is 17.0. The third kappa shape index (κ3) is 3.77. The third-order valence-electron chi connectivity index (χ3n) is 4.16. The van der Waals surface area contributed by atoms with Crippen molar-refractivity contribution in [1.29, 1.82) is 0 Å². The van der Waals surface area contributed by atoms with E-state index in [1.54, 1.807) is 34.1 Å². The Balaban J connectivity index is 1.79. The smallest absolute Gasteiger partial charge is 0.231 e. The van der Waals surface area contributed by atoms with Gasteiger partial charge in [0, 0.05) is 11.6 Å². The summed E-state index contributed by atoms with van der Waals surface area (Å²) in [4.78, 5) is 27.5. The lowest BCUT2D eigenvalue weighted by molar-refractivity contribution is -0.121. The Bertz CT molecular complexity index is 764. The zero-order valence-corrected chi connectivity index (χ0v) is 14.6. The number of carbonyl (C=O) groups excluding carboxylic acids is 2. The summed E-state index contributed by atoms with van der Waals surface area (Å²) in [6.45, 7) is 2.94. The van der Waals surface area contributed by atoms with Gasteiger partial charge in [0.25, 0.3) is 0 Å². The minimum atomic E-state index is -0.284. The molecular formula is C19H19ClN2O3. The molecule has 0 spiro atoms. The number of para-hydroxylation sites is 2. The van der Waals surface area contributed by atoms with Crippen molar-refractivity contribution in [3.63, 3.8) is 0 Å². The fourth-order valence-corrected chi connectivity index (χ4v) is 3.03. The number of carbonyl (C=O) groups is 2. The molecule has 0 N–H and O–H groups in total. The van der Waals surface area contributed by atoms with Gasteiger partial charge >= 0.3 is 0 Å². The quantitative estimate of drug-likeness (QED) is 0.770. The van der Waals surface area contributed by atoms with E-state index in [-0.39, 0.29) is 11.8 Å². The lowest BCUT2D eigenvalue weighted by Crippen LogP contribution is -2.38. The number of halogens is 1. The van der Waals surface area contributed by atoms with Crippen LogP contribution in [-0.2, 0) is 9.59 Å². The first kappa shape index (κ1) is 17.3. The molecule has 3 rings (SSSR count). The maximum absolute atomic E-state index is 12.8. The minimum absolute atomic E-state index is 0.0171. The summed E-state index contributed by atoms with van der Waals surface area (Å²) in [5, 5.41) is 0.645. The Labute approximate surface area is 151 Å². The molecule has 0 aromatic heterocycles. The van der Waals surface area contributed by atoms with Crippen LogP contribution in [0.1, 0.15) is 6.92 Å². The maximum Gasteiger partial charge on any atom is 0.231 e.